The number of carbonyl (C=O) groups is 2. The number of aliphatic hydroxyl groups is 1. The smallest absolute Gasteiger partial charge is 0.348 e. The number of ether oxygens (including phenoxy) is 2. The quantitative estimate of drug-likeness (QED) is 0.658. The Morgan fingerprint density at radius 2 is 1.84 bits per heavy atom. The zero-order valence-electron chi connectivity index (χ0n) is 14.0. The molecular weight excluding hydrogens is 322 g/mol. The molecule has 0 saturated heterocycles. The first-order valence-corrected chi connectivity index (χ1v) is 7.84. The van der Waals surface area contributed by atoms with Gasteiger partial charge >= 0.3 is 5.97 Å². The van der Waals surface area contributed by atoms with Gasteiger partial charge in [-0.25, -0.2) is 4.79 Å². The standard InChI is InChI=1S/C19H19NO5/c1-24-14-9-7-12(8-10-14)15-11-13-5-3-4-6-16(13)20-17(21)19(15,23)18(22)25-2/h3-10,15,23H,11H2,1-2H3,(H,20,21)/t15-,19-/m0/s1. The van der Waals surface area contributed by atoms with Gasteiger partial charge in [0.25, 0.3) is 5.91 Å². The Morgan fingerprint density at radius 1 is 1.16 bits per heavy atom. The fraction of sp³-hybridized carbons (Fsp3) is 0.263. The van der Waals surface area contributed by atoms with Crippen LogP contribution in [0.3, 0.4) is 0 Å². The lowest BCUT2D eigenvalue weighted by Gasteiger charge is -2.30. The summed E-state index contributed by atoms with van der Waals surface area (Å²) in [5.74, 6) is -1.94. The summed E-state index contributed by atoms with van der Waals surface area (Å²) in [4.78, 5) is 25.1. The molecule has 1 amide bonds. The minimum atomic E-state index is -2.33. The van der Waals surface area contributed by atoms with Crippen LogP contribution in [0.25, 0.3) is 0 Å². The molecule has 0 radical (unpaired) electrons. The van der Waals surface area contributed by atoms with E-state index in [1.165, 1.54) is 0 Å². The monoisotopic (exact) mass is 341 g/mol. The van der Waals surface area contributed by atoms with E-state index in [0.717, 1.165) is 12.7 Å². The van der Waals surface area contributed by atoms with Gasteiger partial charge in [0.15, 0.2) is 0 Å². The molecule has 2 aromatic rings. The molecule has 0 bridgehead atoms. The second-order valence-electron chi connectivity index (χ2n) is 5.90. The lowest BCUT2D eigenvalue weighted by Crippen LogP contribution is -2.54. The molecule has 0 saturated carbocycles. The Morgan fingerprint density at radius 3 is 2.48 bits per heavy atom. The SMILES string of the molecule is COC(=O)[C@@]1(O)C(=O)Nc2ccccc2C[C@H]1c1ccc(OC)cc1. The third kappa shape index (κ3) is 2.85. The van der Waals surface area contributed by atoms with Crippen molar-refractivity contribution in [1.29, 1.82) is 0 Å². The average molecular weight is 341 g/mol. The molecule has 0 spiro atoms. The molecule has 130 valence electrons. The van der Waals surface area contributed by atoms with Crippen molar-refractivity contribution in [2.75, 3.05) is 19.5 Å². The molecule has 2 N–H and O–H groups in total. The topological polar surface area (TPSA) is 84.9 Å². The Bertz CT molecular complexity index is 802. The number of rotatable bonds is 3. The van der Waals surface area contributed by atoms with Gasteiger partial charge in [0.1, 0.15) is 5.75 Å². The Balaban J connectivity index is 2.14. The molecule has 1 aliphatic heterocycles. The van der Waals surface area contributed by atoms with Gasteiger partial charge in [0.2, 0.25) is 5.60 Å². The second-order valence-corrected chi connectivity index (χ2v) is 5.90. The molecule has 1 aliphatic rings. The number of carbonyl (C=O) groups excluding carboxylic acids is 2. The third-order valence-corrected chi connectivity index (χ3v) is 4.55. The zero-order chi connectivity index (χ0) is 18.0. The number of hydrogen-bond acceptors (Lipinski definition) is 5. The number of nitrogens with one attached hydrogen (secondary N) is 1. The minimum Gasteiger partial charge on any atom is -0.497 e. The normalized spacial score (nSPS) is 22.4. The molecule has 6 heteroatoms. The fourth-order valence-corrected chi connectivity index (χ4v) is 3.15. The number of benzene rings is 2. The molecule has 25 heavy (non-hydrogen) atoms. The molecule has 0 unspecified atom stereocenters. The summed E-state index contributed by atoms with van der Waals surface area (Å²) in [6.07, 6.45) is 0.298. The van der Waals surface area contributed by atoms with Crippen molar-refractivity contribution in [3.63, 3.8) is 0 Å². The van der Waals surface area contributed by atoms with Gasteiger partial charge in [-0.2, -0.15) is 0 Å². The predicted molar refractivity (Wildman–Crippen MR) is 91.5 cm³/mol. The van der Waals surface area contributed by atoms with E-state index >= 15 is 0 Å². The number of amides is 1. The molecule has 2 atom stereocenters. The Kier molecular flexibility index (Phi) is 4.46. The summed E-state index contributed by atoms with van der Waals surface area (Å²) >= 11 is 0. The molecule has 2 aromatic carbocycles. The number of fused-ring (bicyclic) bond motifs is 1. The van der Waals surface area contributed by atoms with Crippen molar-refractivity contribution < 1.29 is 24.2 Å². The van der Waals surface area contributed by atoms with Gasteiger partial charge in [-0.1, -0.05) is 30.3 Å². The second kappa shape index (κ2) is 6.57. The molecular formula is C19H19NO5. The van der Waals surface area contributed by atoms with Crippen LogP contribution in [0.2, 0.25) is 0 Å². The van der Waals surface area contributed by atoms with E-state index in [1.807, 2.05) is 12.1 Å². The van der Waals surface area contributed by atoms with E-state index in [2.05, 4.69) is 5.32 Å². The van der Waals surface area contributed by atoms with Gasteiger partial charge in [-0.3, -0.25) is 4.79 Å². The van der Waals surface area contributed by atoms with Crippen LogP contribution in [0.15, 0.2) is 48.5 Å². The van der Waals surface area contributed by atoms with Crippen molar-refractivity contribution in [2.45, 2.75) is 17.9 Å². The van der Waals surface area contributed by atoms with E-state index in [4.69, 9.17) is 9.47 Å². The highest BCUT2D eigenvalue weighted by Gasteiger charge is 2.54. The predicted octanol–water partition coefficient (Wildman–Crippen LogP) is 1.88. The van der Waals surface area contributed by atoms with Crippen molar-refractivity contribution >= 4 is 17.6 Å². The molecule has 3 rings (SSSR count). The summed E-state index contributed by atoms with van der Waals surface area (Å²) in [5.41, 5.74) is -0.287. The maximum atomic E-state index is 12.7. The number of methoxy groups -OCH3 is 2. The van der Waals surface area contributed by atoms with Crippen molar-refractivity contribution in [2.24, 2.45) is 0 Å². The minimum absolute atomic E-state index is 0.298. The Labute approximate surface area is 145 Å². The molecule has 6 nitrogen and oxygen atoms in total. The van der Waals surface area contributed by atoms with Crippen LogP contribution in [-0.2, 0) is 20.7 Å². The number of esters is 1. The lowest BCUT2D eigenvalue weighted by molar-refractivity contribution is -0.169. The summed E-state index contributed by atoms with van der Waals surface area (Å²) < 4.78 is 9.89. The lowest BCUT2D eigenvalue weighted by atomic mass is 9.78. The Hall–Kier alpha value is -2.86. The first-order chi connectivity index (χ1) is 12.0. The van der Waals surface area contributed by atoms with Gasteiger partial charge < -0.3 is 19.9 Å². The first kappa shape index (κ1) is 17.0. The summed E-state index contributed by atoms with van der Waals surface area (Å²) in [7, 11) is 2.70. The number of anilines is 1. The third-order valence-electron chi connectivity index (χ3n) is 4.55. The number of para-hydroxylation sites is 1. The fourth-order valence-electron chi connectivity index (χ4n) is 3.15. The average Bonchev–Trinajstić information content (AvgIpc) is 2.76. The van der Waals surface area contributed by atoms with Crippen molar-refractivity contribution in [3.8, 4) is 5.75 Å². The van der Waals surface area contributed by atoms with E-state index in [-0.39, 0.29) is 0 Å². The van der Waals surface area contributed by atoms with Gasteiger partial charge in [0.05, 0.1) is 14.2 Å². The van der Waals surface area contributed by atoms with Crippen molar-refractivity contribution in [1.82, 2.24) is 0 Å². The molecule has 0 aliphatic carbocycles. The zero-order valence-corrected chi connectivity index (χ0v) is 14.0. The summed E-state index contributed by atoms with van der Waals surface area (Å²) in [6, 6.07) is 14.1. The van der Waals surface area contributed by atoms with Gasteiger partial charge in [-0.15, -0.1) is 0 Å². The first-order valence-electron chi connectivity index (χ1n) is 7.84. The highest BCUT2D eigenvalue weighted by Crippen LogP contribution is 2.39. The van der Waals surface area contributed by atoms with Crippen LogP contribution < -0.4 is 10.1 Å². The van der Waals surface area contributed by atoms with E-state index in [9.17, 15) is 14.7 Å². The maximum Gasteiger partial charge on any atom is 0.348 e. The summed E-state index contributed by atoms with van der Waals surface area (Å²) in [5, 5.41) is 13.7. The van der Waals surface area contributed by atoms with Gasteiger partial charge in [-0.05, 0) is 35.7 Å². The van der Waals surface area contributed by atoms with Crippen LogP contribution in [0.5, 0.6) is 5.75 Å². The molecule has 1 heterocycles. The number of hydrogen-bond donors (Lipinski definition) is 2. The summed E-state index contributed by atoms with van der Waals surface area (Å²) in [6.45, 7) is 0. The highest BCUT2D eigenvalue weighted by atomic mass is 16.5. The van der Waals surface area contributed by atoms with Gasteiger partial charge in [0, 0.05) is 11.6 Å². The van der Waals surface area contributed by atoms with E-state index < -0.39 is 23.4 Å². The van der Waals surface area contributed by atoms with Crippen LogP contribution >= 0.6 is 0 Å². The molecule has 0 fully saturated rings. The molecule has 0 aromatic heterocycles. The van der Waals surface area contributed by atoms with Crippen LogP contribution in [-0.4, -0.2) is 36.8 Å². The van der Waals surface area contributed by atoms with E-state index in [0.29, 0.717) is 23.4 Å². The highest BCUT2D eigenvalue weighted by molar-refractivity contribution is 6.13. The van der Waals surface area contributed by atoms with Crippen LogP contribution in [0.4, 0.5) is 5.69 Å². The van der Waals surface area contributed by atoms with Crippen LogP contribution in [0, 0.1) is 0 Å². The van der Waals surface area contributed by atoms with Crippen LogP contribution in [0.1, 0.15) is 17.0 Å². The van der Waals surface area contributed by atoms with E-state index in [1.54, 1.807) is 43.5 Å². The van der Waals surface area contributed by atoms with Crippen molar-refractivity contribution in [3.05, 3.63) is 59.7 Å². The largest absolute Gasteiger partial charge is 0.497 e. The maximum absolute atomic E-state index is 12.7.